The van der Waals surface area contributed by atoms with E-state index in [-0.39, 0.29) is 5.91 Å². The second-order valence-electron chi connectivity index (χ2n) is 8.19. The van der Waals surface area contributed by atoms with E-state index >= 15 is 0 Å². The van der Waals surface area contributed by atoms with Gasteiger partial charge in [0.25, 0.3) is 5.91 Å². The lowest BCUT2D eigenvalue weighted by molar-refractivity contribution is -0.123. The fourth-order valence-corrected chi connectivity index (χ4v) is 3.94. The third kappa shape index (κ3) is 6.02. The second kappa shape index (κ2) is 10.7. The summed E-state index contributed by atoms with van der Waals surface area (Å²) in [7, 11) is 2.15. The molecule has 0 bridgehead atoms. The number of aromatic nitrogens is 4. The summed E-state index contributed by atoms with van der Waals surface area (Å²) < 4.78 is 7.06. The van der Waals surface area contributed by atoms with Crippen molar-refractivity contribution in [3.8, 4) is 0 Å². The van der Waals surface area contributed by atoms with E-state index in [0.29, 0.717) is 42.3 Å². The Kier molecular flexibility index (Phi) is 7.46. The van der Waals surface area contributed by atoms with Gasteiger partial charge in [-0.15, -0.1) is 0 Å². The van der Waals surface area contributed by atoms with Crippen LogP contribution < -0.4 is 10.6 Å². The molecule has 1 saturated heterocycles. The van der Waals surface area contributed by atoms with Gasteiger partial charge in [0.1, 0.15) is 17.1 Å². The van der Waals surface area contributed by atoms with E-state index in [1.807, 2.05) is 13.1 Å². The van der Waals surface area contributed by atoms with Crippen LogP contribution in [-0.2, 0) is 9.53 Å². The molecule has 176 valence electrons. The Balaban J connectivity index is 1.33. The van der Waals surface area contributed by atoms with E-state index in [4.69, 9.17) is 21.4 Å². The fraction of sp³-hybridized carbons (Fsp3) is 0.455. The average Bonchev–Trinajstić information content (AvgIpc) is 3.03. The van der Waals surface area contributed by atoms with Crippen LogP contribution in [0, 0.1) is 6.92 Å². The number of likely N-dealkylation sites (tertiary alicyclic amines) is 1. The molecule has 4 rings (SSSR count). The number of amides is 1. The molecule has 2 aliphatic rings. The van der Waals surface area contributed by atoms with E-state index in [1.54, 1.807) is 17.3 Å². The number of carbonyl (C=O) groups excluding carboxylic acids is 1. The summed E-state index contributed by atoms with van der Waals surface area (Å²) in [5.74, 6) is 0.864. The van der Waals surface area contributed by atoms with Crippen LogP contribution in [0.3, 0.4) is 0 Å². The number of nitrogens with zero attached hydrogens (tertiary/aromatic N) is 6. The lowest BCUT2D eigenvalue weighted by Gasteiger charge is -2.28. The van der Waals surface area contributed by atoms with Crippen LogP contribution in [0.5, 0.6) is 0 Å². The van der Waals surface area contributed by atoms with Crippen molar-refractivity contribution in [2.24, 2.45) is 0 Å². The molecule has 0 aliphatic carbocycles. The van der Waals surface area contributed by atoms with Crippen LogP contribution in [-0.4, -0.2) is 68.7 Å². The van der Waals surface area contributed by atoms with Gasteiger partial charge in [-0.25, -0.2) is 4.98 Å². The predicted molar refractivity (Wildman–Crippen MR) is 127 cm³/mol. The maximum atomic E-state index is 11.9. The van der Waals surface area contributed by atoms with Gasteiger partial charge in [-0.3, -0.25) is 9.48 Å². The third-order valence-electron chi connectivity index (χ3n) is 5.73. The molecule has 0 aromatic carbocycles. The summed E-state index contributed by atoms with van der Waals surface area (Å²) in [5.41, 5.74) is 1.78. The van der Waals surface area contributed by atoms with Gasteiger partial charge >= 0.3 is 0 Å². The van der Waals surface area contributed by atoms with Crippen LogP contribution in [0.1, 0.15) is 31.0 Å². The zero-order chi connectivity index (χ0) is 23.2. The first kappa shape index (κ1) is 23.1. The molecule has 1 fully saturated rings. The van der Waals surface area contributed by atoms with Crippen LogP contribution in [0.2, 0.25) is 5.02 Å². The number of rotatable bonds is 8. The molecule has 4 heterocycles. The van der Waals surface area contributed by atoms with Crippen molar-refractivity contribution in [3.05, 3.63) is 47.9 Å². The minimum atomic E-state index is -0.119. The first-order valence-corrected chi connectivity index (χ1v) is 11.4. The Morgan fingerprint density at radius 2 is 2.09 bits per heavy atom. The lowest BCUT2D eigenvalue weighted by atomic mass is 10.1. The first-order chi connectivity index (χ1) is 16.0. The standard InChI is InChI=1S/C22H29ClN8O2/c1-16-19(15-31(28-16)17-4-9-29(2)10-5-17)26-22-25-14-18(23)21(27-22)24-7-3-8-30-11-13-33-12-6-20(30)32/h6,11-15,17H,3-5,7-10H2,1-2H3,(H2,24,25,26,27). The van der Waals surface area contributed by atoms with Crippen molar-refractivity contribution < 1.29 is 9.53 Å². The zero-order valence-electron chi connectivity index (χ0n) is 18.9. The van der Waals surface area contributed by atoms with Crippen LogP contribution >= 0.6 is 11.6 Å². The molecular weight excluding hydrogens is 444 g/mol. The van der Waals surface area contributed by atoms with E-state index < -0.39 is 0 Å². The normalized spacial score (nSPS) is 17.2. The Morgan fingerprint density at radius 3 is 2.91 bits per heavy atom. The summed E-state index contributed by atoms with van der Waals surface area (Å²) in [6.07, 6.45) is 12.3. The van der Waals surface area contributed by atoms with Gasteiger partial charge in [-0.05, 0) is 46.3 Å². The molecule has 0 saturated carbocycles. The minimum absolute atomic E-state index is 0.119. The highest BCUT2D eigenvalue weighted by Crippen LogP contribution is 2.26. The molecular formula is C22H29ClN8O2. The molecule has 0 unspecified atom stereocenters. The van der Waals surface area contributed by atoms with Gasteiger partial charge in [-0.2, -0.15) is 10.1 Å². The highest BCUT2D eigenvalue weighted by molar-refractivity contribution is 6.32. The average molecular weight is 473 g/mol. The predicted octanol–water partition coefficient (Wildman–Crippen LogP) is 3.29. The van der Waals surface area contributed by atoms with Crippen LogP contribution in [0.15, 0.2) is 37.2 Å². The topological polar surface area (TPSA) is 100 Å². The van der Waals surface area contributed by atoms with Gasteiger partial charge < -0.3 is 25.2 Å². The second-order valence-corrected chi connectivity index (χ2v) is 8.60. The van der Waals surface area contributed by atoms with Gasteiger partial charge in [0.15, 0.2) is 0 Å². The zero-order valence-corrected chi connectivity index (χ0v) is 19.6. The molecule has 2 aromatic rings. The number of hydrogen-bond donors (Lipinski definition) is 2. The third-order valence-corrected chi connectivity index (χ3v) is 6.01. The quantitative estimate of drug-likeness (QED) is 0.564. The van der Waals surface area contributed by atoms with E-state index in [0.717, 1.165) is 37.3 Å². The fourth-order valence-electron chi connectivity index (χ4n) is 3.78. The van der Waals surface area contributed by atoms with Crippen molar-refractivity contribution in [1.29, 1.82) is 0 Å². The Morgan fingerprint density at radius 1 is 1.27 bits per heavy atom. The summed E-state index contributed by atoms with van der Waals surface area (Å²) >= 11 is 6.28. The van der Waals surface area contributed by atoms with Crippen LogP contribution in [0.25, 0.3) is 0 Å². The monoisotopic (exact) mass is 472 g/mol. The lowest BCUT2D eigenvalue weighted by Crippen LogP contribution is -2.31. The molecule has 2 aromatic heterocycles. The summed E-state index contributed by atoms with van der Waals surface area (Å²) in [6, 6.07) is 0.409. The summed E-state index contributed by atoms with van der Waals surface area (Å²) in [4.78, 5) is 24.7. The highest BCUT2D eigenvalue weighted by atomic mass is 35.5. The smallest absolute Gasteiger partial charge is 0.253 e. The van der Waals surface area contributed by atoms with Gasteiger partial charge in [0.05, 0.1) is 29.9 Å². The Hall–Kier alpha value is -3.11. The Labute approximate surface area is 198 Å². The molecule has 11 heteroatoms. The molecule has 0 atom stereocenters. The molecule has 0 radical (unpaired) electrons. The van der Waals surface area contributed by atoms with Gasteiger partial charge in [0, 0.05) is 31.6 Å². The molecule has 0 spiro atoms. The van der Waals surface area contributed by atoms with E-state index in [2.05, 4.69) is 37.2 Å². The number of ether oxygens (including phenoxy) is 1. The molecule has 2 aliphatic heterocycles. The number of hydrogen-bond acceptors (Lipinski definition) is 8. The van der Waals surface area contributed by atoms with Crippen LogP contribution in [0.4, 0.5) is 17.5 Å². The number of halogens is 1. The van der Waals surface area contributed by atoms with E-state index in [1.165, 1.54) is 18.6 Å². The van der Waals surface area contributed by atoms with Gasteiger partial charge in [-0.1, -0.05) is 11.6 Å². The maximum Gasteiger partial charge on any atom is 0.253 e. The largest absolute Gasteiger partial charge is 0.471 e. The number of nitrogens with one attached hydrogen (secondary N) is 2. The number of piperidine rings is 1. The van der Waals surface area contributed by atoms with Crippen molar-refractivity contribution in [2.45, 2.75) is 32.2 Å². The van der Waals surface area contributed by atoms with E-state index in [9.17, 15) is 4.79 Å². The SMILES string of the molecule is Cc1nn(C2CCN(C)CC2)cc1Nc1ncc(Cl)c(NCCCN2C=COC=CC2=O)n1. The number of aryl methyl sites for hydroxylation is 1. The maximum absolute atomic E-state index is 11.9. The molecule has 33 heavy (non-hydrogen) atoms. The van der Waals surface area contributed by atoms with Crippen molar-refractivity contribution in [1.82, 2.24) is 29.5 Å². The Bertz CT molecular complexity index is 1030. The summed E-state index contributed by atoms with van der Waals surface area (Å²) in [5, 5.41) is 11.6. The minimum Gasteiger partial charge on any atom is -0.471 e. The van der Waals surface area contributed by atoms with Crippen molar-refractivity contribution >= 4 is 35.0 Å². The number of anilines is 3. The summed E-state index contributed by atoms with van der Waals surface area (Å²) in [6.45, 7) is 5.26. The first-order valence-electron chi connectivity index (χ1n) is 11.1. The van der Waals surface area contributed by atoms with Crippen molar-refractivity contribution in [3.63, 3.8) is 0 Å². The molecule has 2 N–H and O–H groups in total. The molecule has 10 nitrogen and oxygen atoms in total. The highest BCUT2D eigenvalue weighted by Gasteiger charge is 2.20. The molecule has 1 amide bonds. The number of carbonyl (C=O) groups is 1. The van der Waals surface area contributed by atoms with Crippen molar-refractivity contribution in [2.75, 3.05) is 43.9 Å². The van der Waals surface area contributed by atoms with Gasteiger partial charge in [0.2, 0.25) is 5.95 Å².